The van der Waals surface area contributed by atoms with Gasteiger partial charge in [0.2, 0.25) is 0 Å². The third kappa shape index (κ3) is 4.94. The summed E-state index contributed by atoms with van der Waals surface area (Å²) in [6.45, 7) is -0.888. The Bertz CT molecular complexity index is 1460. The Balaban J connectivity index is 1.35. The summed E-state index contributed by atoms with van der Waals surface area (Å²) < 4.78 is 21.2. The molecule has 3 atom stereocenters. The predicted molar refractivity (Wildman–Crippen MR) is 134 cm³/mol. The lowest BCUT2D eigenvalue weighted by molar-refractivity contribution is -0.152. The number of nitrogens with zero attached hydrogens (tertiary/aromatic N) is 3. The van der Waals surface area contributed by atoms with Crippen LogP contribution in [0.4, 0.5) is 19.8 Å². The number of ether oxygens (including phenoxy) is 1. The van der Waals surface area contributed by atoms with Crippen molar-refractivity contribution in [2.24, 2.45) is 11.7 Å². The third-order valence-corrected chi connectivity index (χ3v) is 6.93. The number of hydrogen-bond donors (Lipinski definition) is 3. The molecule has 0 radical (unpaired) electrons. The molecule has 0 unspecified atom stereocenters. The fraction of sp³-hybridized carbons (Fsp3) is 0.280. The summed E-state index contributed by atoms with van der Waals surface area (Å²) >= 11 is 5.95. The average Bonchev–Trinajstić information content (AvgIpc) is 3.38. The highest BCUT2D eigenvalue weighted by Gasteiger charge is 2.57. The molecule has 3 aromatic rings. The normalized spacial score (nSPS) is 19.6. The van der Waals surface area contributed by atoms with E-state index in [1.54, 1.807) is 30.3 Å². The van der Waals surface area contributed by atoms with Gasteiger partial charge < -0.3 is 25.8 Å². The molecule has 198 valence electrons. The summed E-state index contributed by atoms with van der Waals surface area (Å²) in [4.78, 5) is 50.5. The monoisotopic (exact) mass is 543 g/mol. The molecule has 0 spiro atoms. The van der Waals surface area contributed by atoms with Gasteiger partial charge in [0.25, 0.3) is 5.91 Å². The van der Waals surface area contributed by atoms with Crippen molar-refractivity contribution >= 4 is 52.1 Å². The average molecular weight is 544 g/mol. The lowest BCUT2D eigenvalue weighted by Crippen LogP contribution is -2.48. The van der Waals surface area contributed by atoms with Crippen molar-refractivity contribution in [1.82, 2.24) is 14.6 Å². The first-order chi connectivity index (χ1) is 18.1. The summed E-state index contributed by atoms with van der Waals surface area (Å²) in [7, 11) is 0. The van der Waals surface area contributed by atoms with Gasteiger partial charge in [-0.2, -0.15) is 5.12 Å². The van der Waals surface area contributed by atoms with Crippen LogP contribution in [0.5, 0.6) is 5.75 Å². The van der Waals surface area contributed by atoms with E-state index in [1.165, 1.54) is 23.2 Å². The second kappa shape index (κ2) is 9.86. The topological polar surface area (TPSA) is 147 Å². The number of primary amides is 1. The van der Waals surface area contributed by atoms with Gasteiger partial charge in [-0.1, -0.05) is 28.2 Å². The van der Waals surface area contributed by atoms with Gasteiger partial charge in [-0.25, -0.2) is 14.4 Å². The van der Waals surface area contributed by atoms with Crippen molar-refractivity contribution in [1.29, 1.82) is 0 Å². The summed E-state index contributed by atoms with van der Waals surface area (Å²) in [6, 6.07) is 8.34. The largest absolute Gasteiger partial charge is 0.482 e. The van der Waals surface area contributed by atoms with Crippen LogP contribution in [0, 0.1) is 5.92 Å². The Morgan fingerprint density at radius 1 is 1.18 bits per heavy atom. The predicted octanol–water partition coefficient (Wildman–Crippen LogP) is 3.59. The first kappa shape index (κ1) is 25.3. The van der Waals surface area contributed by atoms with E-state index >= 15 is 0 Å². The highest BCUT2D eigenvalue weighted by molar-refractivity contribution is 6.30. The molecular formula is C25H23ClFN5O6. The molecule has 1 aliphatic heterocycles. The first-order valence-corrected chi connectivity index (χ1v) is 12.1. The number of anilines is 1. The summed E-state index contributed by atoms with van der Waals surface area (Å²) in [5.41, 5.74) is 6.51. The number of carbonyl (C=O) groups is 4. The van der Waals surface area contributed by atoms with Gasteiger partial charge in [0.1, 0.15) is 11.8 Å². The van der Waals surface area contributed by atoms with E-state index < -0.39 is 36.6 Å². The molecule has 2 fully saturated rings. The fourth-order valence-corrected chi connectivity index (χ4v) is 5.12. The van der Waals surface area contributed by atoms with Crippen LogP contribution in [0.3, 0.4) is 0 Å². The molecule has 4 N–H and O–H groups in total. The number of carbonyl (C=O) groups excluding carboxylic acids is 3. The summed E-state index contributed by atoms with van der Waals surface area (Å²) in [6.07, 6.45) is 2.38. The zero-order valence-electron chi connectivity index (χ0n) is 19.8. The molecular weight excluding hydrogens is 521 g/mol. The van der Waals surface area contributed by atoms with E-state index in [-0.39, 0.29) is 40.6 Å². The van der Waals surface area contributed by atoms with Gasteiger partial charge in [0.05, 0.1) is 17.7 Å². The minimum absolute atomic E-state index is 0.0962. The molecule has 4 amide bonds. The molecule has 1 saturated carbocycles. The van der Waals surface area contributed by atoms with Gasteiger partial charge in [0.15, 0.2) is 6.61 Å². The zero-order chi connectivity index (χ0) is 27.1. The maximum Gasteiger partial charge on any atom is 0.341 e. The van der Waals surface area contributed by atoms with Crippen LogP contribution in [0.15, 0.2) is 48.7 Å². The molecule has 2 heterocycles. The molecule has 2 aliphatic rings. The number of aliphatic carboxylic acids is 1. The maximum atomic E-state index is 14.9. The fourth-order valence-electron chi connectivity index (χ4n) is 4.91. The SMILES string of the molecule is NC(=O)n1cc(NC(=O)N2[C@@H]3C[C@@H]3C[C@H]2C(=O)N(F)Cc2cccc(Cl)c2)c2ccc(OCC(=O)O)cc21. The van der Waals surface area contributed by atoms with E-state index in [1.807, 2.05) is 0 Å². The molecule has 0 bridgehead atoms. The van der Waals surface area contributed by atoms with Crippen LogP contribution < -0.4 is 15.8 Å². The van der Waals surface area contributed by atoms with Gasteiger partial charge in [-0.15, -0.1) is 0 Å². The smallest absolute Gasteiger partial charge is 0.341 e. The van der Waals surface area contributed by atoms with E-state index in [0.29, 0.717) is 28.8 Å². The Hall–Kier alpha value is -4.32. The molecule has 13 heteroatoms. The number of nitrogens with two attached hydrogens (primary N) is 1. The second-order valence-electron chi connectivity index (χ2n) is 9.25. The molecule has 38 heavy (non-hydrogen) atoms. The number of hydrogen-bond acceptors (Lipinski definition) is 5. The number of carboxylic acids is 1. The van der Waals surface area contributed by atoms with E-state index in [4.69, 9.17) is 27.2 Å². The number of urea groups is 1. The number of likely N-dealkylation sites (tertiary alicyclic amines) is 1. The summed E-state index contributed by atoms with van der Waals surface area (Å²) in [5, 5.41) is 12.5. The van der Waals surface area contributed by atoms with Crippen molar-refractivity contribution in [3.8, 4) is 5.75 Å². The Morgan fingerprint density at radius 2 is 1.97 bits per heavy atom. The van der Waals surface area contributed by atoms with Gasteiger partial charge in [-0.3, -0.25) is 9.36 Å². The second-order valence-corrected chi connectivity index (χ2v) is 9.69. The highest BCUT2D eigenvalue weighted by atomic mass is 35.5. The highest BCUT2D eigenvalue weighted by Crippen LogP contribution is 2.48. The molecule has 2 aromatic carbocycles. The molecule has 1 aliphatic carbocycles. The van der Waals surface area contributed by atoms with Crippen LogP contribution >= 0.6 is 11.6 Å². The van der Waals surface area contributed by atoms with E-state index in [9.17, 15) is 23.7 Å². The number of carboxylic acid groups (broad SMARTS) is 1. The number of halogens is 2. The standard InChI is InChI=1S/C25H23ClFN5O6/c26-15-3-1-2-13(6-15)10-31(27)23(35)21-8-14-7-19(14)32(21)25(37)29-18-11-30(24(28)36)20-9-16(4-5-17(18)20)38-12-22(33)34/h1-6,9,11,14,19,21H,7-8,10,12H2,(H2,28,36)(H,29,37)(H,33,34)/t14-,19-,21+/m1/s1. The van der Waals surface area contributed by atoms with Crippen LogP contribution in [-0.4, -0.2) is 62.3 Å². The van der Waals surface area contributed by atoms with E-state index in [0.717, 1.165) is 4.57 Å². The van der Waals surface area contributed by atoms with E-state index in [2.05, 4.69) is 5.32 Å². The molecule has 1 aromatic heterocycles. The number of benzene rings is 2. The third-order valence-electron chi connectivity index (χ3n) is 6.69. The van der Waals surface area contributed by atoms with Crippen LogP contribution in [0.2, 0.25) is 5.02 Å². The number of rotatable bonds is 7. The molecule has 11 nitrogen and oxygen atoms in total. The first-order valence-electron chi connectivity index (χ1n) is 11.7. The van der Waals surface area contributed by atoms with Crippen LogP contribution in [0.1, 0.15) is 18.4 Å². The van der Waals surface area contributed by atoms with Crippen LogP contribution in [-0.2, 0) is 16.1 Å². The number of aromatic nitrogens is 1. The minimum atomic E-state index is -1.17. The van der Waals surface area contributed by atoms with Crippen LogP contribution in [0.25, 0.3) is 10.9 Å². The molecule has 5 rings (SSSR count). The number of fused-ring (bicyclic) bond motifs is 2. The zero-order valence-corrected chi connectivity index (χ0v) is 20.6. The number of amides is 4. The quantitative estimate of drug-likeness (QED) is 0.388. The van der Waals surface area contributed by atoms with Crippen molar-refractivity contribution < 1.29 is 33.5 Å². The Morgan fingerprint density at radius 3 is 2.68 bits per heavy atom. The maximum absolute atomic E-state index is 14.9. The lowest BCUT2D eigenvalue weighted by Gasteiger charge is -2.28. The number of piperidine rings is 1. The Kier molecular flexibility index (Phi) is 6.57. The van der Waals surface area contributed by atoms with Crippen molar-refractivity contribution in [2.45, 2.75) is 31.5 Å². The van der Waals surface area contributed by atoms with Crippen molar-refractivity contribution in [3.63, 3.8) is 0 Å². The van der Waals surface area contributed by atoms with Gasteiger partial charge in [-0.05, 0) is 48.6 Å². The van der Waals surface area contributed by atoms with Crippen molar-refractivity contribution in [2.75, 3.05) is 11.9 Å². The minimum Gasteiger partial charge on any atom is -0.482 e. The lowest BCUT2D eigenvalue weighted by atomic mass is 10.1. The van der Waals surface area contributed by atoms with Gasteiger partial charge >= 0.3 is 18.0 Å². The number of nitrogens with one attached hydrogen (secondary N) is 1. The van der Waals surface area contributed by atoms with Crippen molar-refractivity contribution in [3.05, 3.63) is 59.2 Å². The molecule has 1 saturated heterocycles. The Labute approximate surface area is 220 Å². The van der Waals surface area contributed by atoms with Gasteiger partial charge in [0, 0.05) is 28.7 Å². The summed E-state index contributed by atoms with van der Waals surface area (Å²) in [5.74, 6) is -1.70.